The summed E-state index contributed by atoms with van der Waals surface area (Å²) in [6.07, 6.45) is 2.13. The van der Waals surface area contributed by atoms with Crippen molar-refractivity contribution in [1.82, 2.24) is 4.90 Å². The highest BCUT2D eigenvalue weighted by molar-refractivity contribution is 5.96. The number of likely N-dealkylation sites (N-methyl/N-ethyl adjacent to an activating group) is 1. The zero-order valence-electron chi connectivity index (χ0n) is 16.7. The maximum Gasteiger partial charge on any atom is 0.253 e. The SMILES string of the molecule is CCN(CC(=O)Nc1ccc(C(=O)N2CCC(C)CC2)cc1)c1ccccc1. The number of benzene rings is 2. The van der Waals surface area contributed by atoms with Crippen LogP contribution < -0.4 is 10.2 Å². The van der Waals surface area contributed by atoms with E-state index in [4.69, 9.17) is 0 Å². The van der Waals surface area contributed by atoms with Gasteiger partial charge in [-0.3, -0.25) is 9.59 Å². The van der Waals surface area contributed by atoms with Crippen LogP contribution in [0.5, 0.6) is 0 Å². The number of nitrogens with zero attached hydrogens (tertiary/aromatic N) is 2. The van der Waals surface area contributed by atoms with E-state index in [0.29, 0.717) is 17.2 Å². The summed E-state index contributed by atoms with van der Waals surface area (Å²) >= 11 is 0. The molecule has 0 aliphatic carbocycles. The van der Waals surface area contributed by atoms with Gasteiger partial charge in [0.15, 0.2) is 0 Å². The van der Waals surface area contributed by atoms with Gasteiger partial charge in [0.1, 0.15) is 0 Å². The van der Waals surface area contributed by atoms with Gasteiger partial charge in [-0.15, -0.1) is 0 Å². The van der Waals surface area contributed by atoms with Gasteiger partial charge in [0.2, 0.25) is 5.91 Å². The molecule has 0 aromatic heterocycles. The van der Waals surface area contributed by atoms with Crippen molar-refractivity contribution in [2.24, 2.45) is 5.92 Å². The molecule has 1 heterocycles. The van der Waals surface area contributed by atoms with Crippen molar-refractivity contribution in [1.29, 1.82) is 0 Å². The lowest BCUT2D eigenvalue weighted by molar-refractivity contribution is -0.115. The van der Waals surface area contributed by atoms with Crippen LogP contribution in [0, 0.1) is 5.92 Å². The fourth-order valence-electron chi connectivity index (χ4n) is 3.49. The topological polar surface area (TPSA) is 52.7 Å². The number of amides is 2. The summed E-state index contributed by atoms with van der Waals surface area (Å²) in [5.41, 5.74) is 2.40. The molecule has 0 bridgehead atoms. The van der Waals surface area contributed by atoms with Crippen LogP contribution in [0.2, 0.25) is 0 Å². The van der Waals surface area contributed by atoms with Gasteiger partial charge in [0, 0.05) is 36.6 Å². The molecule has 3 rings (SSSR count). The molecule has 5 nitrogen and oxygen atoms in total. The van der Waals surface area contributed by atoms with Crippen molar-refractivity contribution >= 4 is 23.2 Å². The summed E-state index contributed by atoms with van der Waals surface area (Å²) < 4.78 is 0. The molecule has 1 N–H and O–H groups in total. The number of hydrogen-bond donors (Lipinski definition) is 1. The van der Waals surface area contributed by atoms with Gasteiger partial charge in [0.25, 0.3) is 5.91 Å². The van der Waals surface area contributed by atoms with Crippen LogP contribution in [-0.2, 0) is 4.79 Å². The maximum atomic E-state index is 12.6. The van der Waals surface area contributed by atoms with Crippen LogP contribution in [0.15, 0.2) is 54.6 Å². The molecule has 2 amide bonds. The Balaban J connectivity index is 1.56. The predicted octanol–water partition coefficient (Wildman–Crippen LogP) is 4.02. The molecular weight excluding hydrogens is 350 g/mol. The number of carbonyl (C=O) groups is 2. The summed E-state index contributed by atoms with van der Waals surface area (Å²) in [6.45, 7) is 6.95. The van der Waals surface area contributed by atoms with E-state index in [2.05, 4.69) is 12.2 Å². The normalized spacial score (nSPS) is 14.6. The highest BCUT2D eigenvalue weighted by atomic mass is 16.2. The van der Waals surface area contributed by atoms with Crippen molar-refractivity contribution in [3.63, 3.8) is 0 Å². The van der Waals surface area contributed by atoms with Crippen molar-refractivity contribution in [2.75, 3.05) is 36.4 Å². The van der Waals surface area contributed by atoms with Gasteiger partial charge < -0.3 is 15.1 Å². The molecule has 0 radical (unpaired) electrons. The Morgan fingerprint density at radius 3 is 2.29 bits per heavy atom. The van der Waals surface area contributed by atoms with Gasteiger partial charge in [0.05, 0.1) is 6.54 Å². The Labute approximate surface area is 167 Å². The first-order valence-electron chi connectivity index (χ1n) is 10.1. The van der Waals surface area contributed by atoms with Crippen molar-refractivity contribution in [3.8, 4) is 0 Å². The second-order valence-electron chi connectivity index (χ2n) is 7.45. The fraction of sp³-hybridized carbons (Fsp3) is 0.391. The molecule has 1 aliphatic rings. The molecule has 1 aliphatic heterocycles. The van der Waals surface area contributed by atoms with E-state index in [1.807, 2.05) is 47.1 Å². The summed E-state index contributed by atoms with van der Waals surface area (Å²) in [4.78, 5) is 29.0. The average Bonchev–Trinajstić information content (AvgIpc) is 2.73. The molecule has 2 aromatic rings. The van der Waals surface area contributed by atoms with E-state index in [1.165, 1.54) is 0 Å². The Hall–Kier alpha value is -2.82. The first-order valence-corrected chi connectivity index (χ1v) is 10.1. The van der Waals surface area contributed by atoms with E-state index in [9.17, 15) is 9.59 Å². The Bertz CT molecular complexity index is 781. The number of para-hydroxylation sites is 1. The quantitative estimate of drug-likeness (QED) is 0.825. The highest BCUT2D eigenvalue weighted by Gasteiger charge is 2.21. The Morgan fingerprint density at radius 2 is 1.68 bits per heavy atom. The van der Waals surface area contributed by atoms with Crippen LogP contribution in [0.4, 0.5) is 11.4 Å². The molecule has 0 spiro atoms. The minimum atomic E-state index is -0.0743. The third-order valence-corrected chi connectivity index (χ3v) is 5.32. The van der Waals surface area contributed by atoms with Gasteiger partial charge in [-0.2, -0.15) is 0 Å². The lowest BCUT2D eigenvalue weighted by Crippen LogP contribution is -2.37. The number of rotatable bonds is 6. The monoisotopic (exact) mass is 379 g/mol. The smallest absolute Gasteiger partial charge is 0.253 e. The van der Waals surface area contributed by atoms with E-state index in [1.54, 1.807) is 24.3 Å². The van der Waals surface area contributed by atoms with E-state index < -0.39 is 0 Å². The number of carbonyl (C=O) groups excluding carboxylic acids is 2. The third-order valence-electron chi connectivity index (χ3n) is 5.32. The summed E-state index contributed by atoms with van der Waals surface area (Å²) in [5.74, 6) is 0.695. The molecule has 2 aromatic carbocycles. The number of anilines is 2. The standard InChI is InChI=1S/C23H29N3O2/c1-3-25(21-7-5-4-6-8-21)17-22(27)24-20-11-9-19(10-12-20)23(28)26-15-13-18(2)14-16-26/h4-12,18H,3,13-17H2,1-2H3,(H,24,27). The van der Waals surface area contributed by atoms with Crippen LogP contribution in [0.25, 0.3) is 0 Å². The Morgan fingerprint density at radius 1 is 1.04 bits per heavy atom. The maximum absolute atomic E-state index is 12.6. The van der Waals surface area contributed by atoms with Crippen LogP contribution in [0.1, 0.15) is 37.0 Å². The van der Waals surface area contributed by atoms with Crippen molar-refractivity contribution in [2.45, 2.75) is 26.7 Å². The van der Waals surface area contributed by atoms with Crippen molar-refractivity contribution < 1.29 is 9.59 Å². The lowest BCUT2D eigenvalue weighted by atomic mass is 9.98. The second-order valence-corrected chi connectivity index (χ2v) is 7.45. The minimum absolute atomic E-state index is 0.0743. The van der Waals surface area contributed by atoms with E-state index in [-0.39, 0.29) is 18.4 Å². The van der Waals surface area contributed by atoms with Gasteiger partial charge in [-0.25, -0.2) is 0 Å². The molecule has 28 heavy (non-hydrogen) atoms. The second kappa shape index (κ2) is 9.40. The zero-order valence-corrected chi connectivity index (χ0v) is 16.7. The lowest BCUT2D eigenvalue weighted by Gasteiger charge is -2.30. The molecule has 0 saturated carbocycles. The van der Waals surface area contributed by atoms with Gasteiger partial charge in [-0.1, -0.05) is 25.1 Å². The first-order chi connectivity index (χ1) is 13.6. The van der Waals surface area contributed by atoms with Gasteiger partial charge in [-0.05, 0) is 62.1 Å². The predicted molar refractivity (Wildman–Crippen MR) is 114 cm³/mol. The number of nitrogens with one attached hydrogen (secondary N) is 1. The summed E-state index contributed by atoms with van der Waals surface area (Å²) in [6, 6.07) is 17.1. The number of likely N-dealkylation sites (tertiary alicyclic amines) is 1. The molecule has 1 fully saturated rings. The first kappa shape index (κ1) is 19.9. The zero-order chi connectivity index (χ0) is 19.9. The number of piperidine rings is 1. The number of hydrogen-bond acceptors (Lipinski definition) is 3. The molecule has 148 valence electrons. The largest absolute Gasteiger partial charge is 0.362 e. The highest BCUT2D eigenvalue weighted by Crippen LogP contribution is 2.19. The summed E-state index contributed by atoms with van der Waals surface area (Å²) in [7, 11) is 0. The minimum Gasteiger partial charge on any atom is -0.362 e. The van der Waals surface area contributed by atoms with E-state index >= 15 is 0 Å². The summed E-state index contributed by atoms with van der Waals surface area (Å²) in [5, 5.41) is 2.92. The van der Waals surface area contributed by atoms with Crippen LogP contribution in [0.3, 0.4) is 0 Å². The van der Waals surface area contributed by atoms with Crippen molar-refractivity contribution in [3.05, 3.63) is 60.2 Å². The molecule has 1 saturated heterocycles. The Kier molecular flexibility index (Phi) is 6.69. The van der Waals surface area contributed by atoms with Gasteiger partial charge >= 0.3 is 0 Å². The third kappa shape index (κ3) is 5.12. The molecular formula is C23H29N3O2. The molecule has 5 heteroatoms. The van der Waals surface area contributed by atoms with E-state index in [0.717, 1.165) is 38.2 Å². The fourth-order valence-corrected chi connectivity index (χ4v) is 3.49. The average molecular weight is 380 g/mol. The molecule has 0 atom stereocenters. The van der Waals surface area contributed by atoms with Crippen LogP contribution >= 0.6 is 0 Å². The molecule has 0 unspecified atom stereocenters. The van der Waals surface area contributed by atoms with Crippen LogP contribution in [-0.4, -0.2) is 42.9 Å².